The van der Waals surface area contributed by atoms with Crippen LogP contribution in [0.2, 0.25) is 0 Å². The van der Waals surface area contributed by atoms with Crippen molar-refractivity contribution in [2.45, 2.75) is 12.9 Å². The molecule has 26 heavy (non-hydrogen) atoms. The van der Waals surface area contributed by atoms with Gasteiger partial charge in [-0.2, -0.15) is 4.89 Å². The number of ether oxygens (including phenoxy) is 2. The van der Waals surface area contributed by atoms with E-state index in [0.29, 0.717) is 10.7 Å². The zero-order valence-corrected chi connectivity index (χ0v) is 13.8. The largest absolute Gasteiger partial charge is 0.573 e. The van der Waals surface area contributed by atoms with E-state index in [1.54, 1.807) is 11.6 Å². The SMILES string of the molecule is N=C(Oc1cccc(OC(F)(F)F)c1)N(Cc1nccs1)C1=COOC1. The number of alkyl halides is 3. The highest BCUT2D eigenvalue weighted by Crippen LogP contribution is 2.27. The third-order valence-corrected chi connectivity index (χ3v) is 3.85. The van der Waals surface area contributed by atoms with E-state index in [-0.39, 0.29) is 24.9 Å². The van der Waals surface area contributed by atoms with Crippen LogP contribution in [0.3, 0.4) is 0 Å². The van der Waals surface area contributed by atoms with Crippen LogP contribution in [0.15, 0.2) is 47.8 Å². The van der Waals surface area contributed by atoms with Gasteiger partial charge in [0.1, 0.15) is 23.1 Å². The Labute approximate surface area is 149 Å². The van der Waals surface area contributed by atoms with Crippen LogP contribution < -0.4 is 9.47 Å². The number of benzene rings is 1. The third-order valence-electron chi connectivity index (χ3n) is 3.08. The Kier molecular flexibility index (Phi) is 5.28. The van der Waals surface area contributed by atoms with Crippen molar-refractivity contribution in [2.24, 2.45) is 0 Å². The van der Waals surface area contributed by atoms with E-state index in [1.807, 2.05) is 0 Å². The lowest BCUT2D eigenvalue weighted by molar-refractivity contribution is -0.274. The first-order valence-electron chi connectivity index (χ1n) is 7.16. The molecule has 0 spiro atoms. The van der Waals surface area contributed by atoms with Gasteiger partial charge in [-0.25, -0.2) is 4.98 Å². The zero-order chi connectivity index (χ0) is 18.6. The predicted octanol–water partition coefficient (Wildman–Crippen LogP) is 3.66. The van der Waals surface area contributed by atoms with Crippen molar-refractivity contribution >= 4 is 17.4 Å². The van der Waals surface area contributed by atoms with E-state index in [4.69, 9.17) is 19.9 Å². The van der Waals surface area contributed by atoms with Gasteiger partial charge in [-0.3, -0.25) is 10.3 Å². The Hall–Kier alpha value is -2.79. The Morgan fingerprint density at radius 2 is 2.15 bits per heavy atom. The van der Waals surface area contributed by atoms with Crippen LogP contribution >= 0.6 is 11.3 Å². The van der Waals surface area contributed by atoms with Gasteiger partial charge in [-0.05, 0) is 12.1 Å². The summed E-state index contributed by atoms with van der Waals surface area (Å²) in [7, 11) is 0. The van der Waals surface area contributed by atoms with Crippen LogP contribution in [0.1, 0.15) is 5.01 Å². The number of hydrogen-bond acceptors (Lipinski definition) is 7. The molecule has 1 aromatic heterocycles. The molecule has 0 saturated heterocycles. The molecule has 0 unspecified atom stereocenters. The van der Waals surface area contributed by atoms with Crippen LogP contribution in [-0.4, -0.2) is 28.9 Å². The summed E-state index contributed by atoms with van der Waals surface area (Å²) in [5, 5.41) is 10.7. The van der Waals surface area contributed by atoms with E-state index in [2.05, 4.69) is 9.72 Å². The highest BCUT2D eigenvalue weighted by atomic mass is 32.1. The second-order valence-corrected chi connectivity index (χ2v) is 5.89. The maximum Gasteiger partial charge on any atom is 0.573 e. The van der Waals surface area contributed by atoms with Crippen molar-refractivity contribution in [2.75, 3.05) is 6.61 Å². The summed E-state index contributed by atoms with van der Waals surface area (Å²) in [4.78, 5) is 15.1. The van der Waals surface area contributed by atoms with E-state index >= 15 is 0 Å². The molecule has 0 radical (unpaired) electrons. The van der Waals surface area contributed by atoms with Crippen LogP contribution in [-0.2, 0) is 16.3 Å². The van der Waals surface area contributed by atoms with E-state index in [9.17, 15) is 13.2 Å². The molecule has 1 aliphatic rings. The lowest BCUT2D eigenvalue weighted by atomic mass is 10.3. The maximum atomic E-state index is 12.3. The minimum Gasteiger partial charge on any atom is -0.426 e. The second kappa shape index (κ2) is 7.62. The molecular weight excluding hydrogens is 375 g/mol. The van der Waals surface area contributed by atoms with Gasteiger partial charge in [-0.1, -0.05) is 6.07 Å². The molecule has 0 atom stereocenters. The van der Waals surface area contributed by atoms with Crippen molar-refractivity contribution in [3.05, 3.63) is 52.8 Å². The lowest BCUT2D eigenvalue weighted by Crippen LogP contribution is -2.33. The molecule has 7 nitrogen and oxygen atoms in total. The van der Waals surface area contributed by atoms with Gasteiger partial charge in [0.2, 0.25) is 0 Å². The fourth-order valence-corrected chi connectivity index (χ4v) is 2.64. The minimum atomic E-state index is -4.81. The monoisotopic (exact) mass is 387 g/mol. The van der Waals surface area contributed by atoms with Gasteiger partial charge in [0, 0.05) is 17.6 Å². The Bertz CT molecular complexity index is 796. The second-order valence-electron chi connectivity index (χ2n) is 4.91. The number of aromatic nitrogens is 1. The molecule has 1 N–H and O–H groups in total. The summed E-state index contributed by atoms with van der Waals surface area (Å²) < 4.78 is 46.2. The third kappa shape index (κ3) is 4.86. The number of thiazole rings is 1. The first-order chi connectivity index (χ1) is 12.4. The molecule has 0 amide bonds. The molecule has 0 aliphatic carbocycles. The molecule has 2 aromatic rings. The van der Waals surface area contributed by atoms with Crippen LogP contribution in [0, 0.1) is 5.41 Å². The van der Waals surface area contributed by atoms with Gasteiger partial charge >= 0.3 is 6.36 Å². The zero-order valence-electron chi connectivity index (χ0n) is 13.0. The number of halogens is 3. The van der Waals surface area contributed by atoms with Gasteiger partial charge in [-0.15, -0.1) is 24.5 Å². The smallest absolute Gasteiger partial charge is 0.426 e. The van der Waals surface area contributed by atoms with Gasteiger partial charge in [0.15, 0.2) is 6.26 Å². The Balaban J connectivity index is 1.74. The summed E-state index contributed by atoms with van der Waals surface area (Å²) in [6.45, 7) is 0.308. The fourth-order valence-electron chi connectivity index (χ4n) is 2.03. The summed E-state index contributed by atoms with van der Waals surface area (Å²) in [5.74, 6) is -0.428. The highest BCUT2D eigenvalue weighted by Gasteiger charge is 2.31. The minimum absolute atomic E-state index is 0.0151. The molecule has 0 fully saturated rings. The molecule has 1 aromatic carbocycles. The number of hydrogen-bond donors (Lipinski definition) is 1. The molecule has 1 aliphatic heterocycles. The first kappa shape index (κ1) is 18.0. The van der Waals surface area contributed by atoms with Crippen molar-refractivity contribution < 1.29 is 32.4 Å². The lowest BCUT2D eigenvalue weighted by Gasteiger charge is -2.23. The summed E-state index contributed by atoms with van der Waals surface area (Å²) in [6.07, 6.45) is -1.88. The average molecular weight is 387 g/mol. The topological polar surface area (TPSA) is 76.9 Å². The summed E-state index contributed by atoms with van der Waals surface area (Å²) >= 11 is 1.38. The van der Waals surface area contributed by atoms with Crippen LogP contribution in [0.25, 0.3) is 0 Å². The molecule has 11 heteroatoms. The molecule has 0 bridgehead atoms. The first-order valence-corrected chi connectivity index (χ1v) is 8.04. The van der Waals surface area contributed by atoms with Crippen molar-refractivity contribution in [1.82, 2.24) is 9.88 Å². The predicted molar refractivity (Wildman–Crippen MR) is 84.3 cm³/mol. The normalized spacial score (nSPS) is 13.7. The van der Waals surface area contributed by atoms with Gasteiger partial charge in [0.05, 0.1) is 12.2 Å². The highest BCUT2D eigenvalue weighted by molar-refractivity contribution is 7.09. The number of rotatable bonds is 5. The van der Waals surface area contributed by atoms with Crippen LogP contribution in [0.4, 0.5) is 13.2 Å². The Morgan fingerprint density at radius 1 is 1.35 bits per heavy atom. The molecular formula is C15H12F3N3O4S. The van der Waals surface area contributed by atoms with E-state index in [1.165, 1.54) is 34.6 Å². The van der Waals surface area contributed by atoms with Crippen molar-refractivity contribution in [1.29, 1.82) is 5.41 Å². The van der Waals surface area contributed by atoms with Gasteiger partial charge < -0.3 is 14.4 Å². The maximum absolute atomic E-state index is 12.3. The standard InChI is InChI=1S/C15H12F3N3O4S/c16-15(17,18)25-12-3-1-2-11(6-12)24-14(19)21(10-8-22-23-9-10)7-13-20-4-5-26-13/h1-6,8,19H,7,9H2. The number of nitrogens with zero attached hydrogens (tertiary/aromatic N) is 2. The fraction of sp³-hybridized carbons (Fsp3) is 0.200. The molecule has 138 valence electrons. The van der Waals surface area contributed by atoms with Gasteiger partial charge in [0.25, 0.3) is 6.02 Å². The molecule has 3 rings (SSSR count). The number of amidine groups is 1. The summed E-state index contributed by atoms with van der Waals surface area (Å²) in [5.41, 5.74) is 0.507. The van der Waals surface area contributed by atoms with Crippen molar-refractivity contribution in [3.63, 3.8) is 0 Å². The van der Waals surface area contributed by atoms with Crippen LogP contribution in [0.5, 0.6) is 11.5 Å². The molecule has 0 saturated carbocycles. The quantitative estimate of drug-likeness (QED) is 0.479. The summed E-state index contributed by atoms with van der Waals surface area (Å²) in [6, 6.07) is 4.59. The molecule has 2 heterocycles. The average Bonchev–Trinajstić information content (AvgIpc) is 3.25. The van der Waals surface area contributed by atoms with Crippen molar-refractivity contribution in [3.8, 4) is 11.5 Å². The Morgan fingerprint density at radius 3 is 2.81 bits per heavy atom. The van der Waals surface area contributed by atoms with E-state index in [0.717, 1.165) is 12.1 Å². The number of nitrogens with one attached hydrogen (secondary N) is 1. The van der Waals surface area contributed by atoms with E-state index < -0.39 is 12.1 Å².